The number of aryl methyl sites for hydroxylation is 2. The predicted molar refractivity (Wildman–Crippen MR) is 136 cm³/mol. The number of benzene rings is 2. The van der Waals surface area contributed by atoms with E-state index in [0.717, 1.165) is 62.5 Å². The van der Waals surface area contributed by atoms with Crippen LogP contribution in [0.5, 0.6) is 0 Å². The smallest absolute Gasteiger partial charge is 0.243 e. The van der Waals surface area contributed by atoms with E-state index in [9.17, 15) is 13.2 Å². The molecule has 2 aromatic rings. The Morgan fingerprint density at radius 2 is 1.60 bits per heavy atom. The number of hydrogen-bond acceptors (Lipinski definition) is 6. The van der Waals surface area contributed by atoms with Gasteiger partial charge in [0, 0.05) is 50.6 Å². The second-order valence-corrected chi connectivity index (χ2v) is 11.5. The van der Waals surface area contributed by atoms with Gasteiger partial charge in [0.25, 0.3) is 0 Å². The lowest BCUT2D eigenvalue weighted by Gasteiger charge is -2.36. The Bertz CT molecular complexity index is 1150. The maximum absolute atomic E-state index is 13.2. The molecule has 2 fully saturated rings. The monoisotopic (exact) mass is 498 g/mol. The minimum absolute atomic E-state index is 0.0842. The Hall–Kier alpha value is -2.46. The van der Waals surface area contributed by atoms with Crippen LogP contribution in [0.1, 0.15) is 24.5 Å². The molecule has 9 heteroatoms. The molecule has 2 heterocycles. The molecule has 1 N–H and O–H groups in total. The highest BCUT2D eigenvalue weighted by atomic mass is 32.2. The average molecular weight is 499 g/mol. The Balaban J connectivity index is 1.15. The van der Waals surface area contributed by atoms with Gasteiger partial charge in [0.15, 0.2) is 0 Å². The predicted octanol–water partition coefficient (Wildman–Crippen LogP) is 2.35. The SMILES string of the molecule is C[C@H](C(=O)Nc1ccc(N2CCOCC2)cc1)N1CCN(S(=O)(=O)c2ccc3c(c2)CCC3)CC1. The Morgan fingerprint density at radius 1 is 0.914 bits per heavy atom. The second kappa shape index (κ2) is 10.3. The number of ether oxygens (including phenoxy) is 1. The van der Waals surface area contributed by atoms with Gasteiger partial charge in [-0.05, 0) is 73.7 Å². The van der Waals surface area contributed by atoms with Crippen LogP contribution in [0.25, 0.3) is 0 Å². The summed E-state index contributed by atoms with van der Waals surface area (Å²) in [6, 6.07) is 13.1. The van der Waals surface area contributed by atoms with E-state index in [0.29, 0.717) is 31.1 Å². The molecule has 0 aromatic heterocycles. The number of anilines is 2. The van der Waals surface area contributed by atoms with Crippen molar-refractivity contribution in [2.45, 2.75) is 37.1 Å². The lowest BCUT2D eigenvalue weighted by Crippen LogP contribution is -2.53. The number of fused-ring (bicyclic) bond motifs is 1. The Kier molecular flexibility index (Phi) is 7.11. The van der Waals surface area contributed by atoms with Crippen LogP contribution >= 0.6 is 0 Å². The van der Waals surface area contributed by atoms with Crippen LogP contribution < -0.4 is 10.2 Å². The van der Waals surface area contributed by atoms with Gasteiger partial charge in [0.1, 0.15) is 0 Å². The van der Waals surface area contributed by atoms with Crippen molar-refractivity contribution in [3.05, 3.63) is 53.6 Å². The zero-order valence-corrected chi connectivity index (χ0v) is 21.1. The molecule has 3 aliphatic rings. The van der Waals surface area contributed by atoms with Crippen molar-refractivity contribution in [2.24, 2.45) is 0 Å². The van der Waals surface area contributed by atoms with E-state index in [1.807, 2.05) is 48.2 Å². The molecular formula is C26H34N4O4S. The van der Waals surface area contributed by atoms with Crippen LogP contribution in [0.15, 0.2) is 47.4 Å². The van der Waals surface area contributed by atoms with Crippen molar-refractivity contribution in [2.75, 3.05) is 62.7 Å². The first-order chi connectivity index (χ1) is 16.9. The number of nitrogens with one attached hydrogen (secondary N) is 1. The summed E-state index contributed by atoms with van der Waals surface area (Å²) in [6.45, 7) is 6.89. The zero-order chi connectivity index (χ0) is 24.4. The number of rotatable bonds is 6. The number of piperazine rings is 1. The van der Waals surface area contributed by atoms with Gasteiger partial charge < -0.3 is 15.0 Å². The number of sulfonamides is 1. The minimum atomic E-state index is -3.52. The maximum Gasteiger partial charge on any atom is 0.243 e. The standard InChI is InChI=1S/C26H34N4O4S/c1-20(26(31)27-23-6-8-24(9-7-23)29-15-17-34-18-16-29)28-11-13-30(14-12-28)35(32,33)25-10-5-21-3-2-4-22(21)19-25/h5-10,19-20H,2-4,11-18H2,1H3,(H,27,31)/t20-/m1/s1. The summed E-state index contributed by atoms with van der Waals surface area (Å²) in [6.07, 6.45) is 3.08. The molecule has 8 nitrogen and oxygen atoms in total. The highest BCUT2D eigenvalue weighted by Crippen LogP contribution is 2.27. The molecule has 1 aliphatic carbocycles. The van der Waals surface area contributed by atoms with Crippen LogP contribution in [-0.4, -0.2) is 82.1 Å². The third-order valence-electron chi connectivity index (χ3n) is 7.42. The normalized spacial score (nSPS) is 20.4. The zero-order valence-electron chi connectivity index (χ0n) is 20.3. The number of hydrogen-bond donors (Lipinski definition) is 1. The first-order valence-electron chi connectivity index (χ1n) is 12.5. The van der Waals surface area contributed by atoms with E-state index in [1.54, 1.807) is 10.4 Å². The molecule has 1 amide bonds. The van der Waals surface area contributed by atoms with Crippen molar-refractivity contribution < 1.29 is 17.9 Å². The summed E-state index contributed by atoms with van der Waals surface area (Å²) >= 11 is 0. The maximum atomic E-state index is 13.2. The van der Waals surface area contributed by atoms with Gasteiger partial charge >= 0.3 is 0 Å². The molecule has 0 spiro atoms. The van der Waals surface area contributed by atoms with Crippen LogP contribution in [0.4, 0.5) is 11.4 Å². The summed E-state index contributed by atoms with van der Waals surface area (Å²) in [7, 11) is -3.52. The first kappa shape index (κ1) is 24.2. The average Bonchev–Trinajstić information content (AvgIpc) is 3.37. The van der Waals surface area contributed by atoms with Crippen LogP contribution in [0.3, 0.4) is 0 Å². The topological polar surface area (TPSA) is 82.2 Å². The van der Waals surface area contributed by atoms with E-state index in [-0.39, 0.29) is 11.9 Å². The molecule has 1 atom stereocenters. The van der Waals surface area contributed by atoms with Crippen LogP contribution in [0.2, 0.25) is 0 Å². The third kappa shape index (κ3) is 5.23. The van der Waals surface area contributed by atoms with Crippen molar-refractivity contribution in [1.82, 2.24) is 9.21 Å². The minimum Gasteiger partial charge on any atom is -0.378 e. The number of carbonyl (C=O) groups excluding carboxylic acids is 1. The molecular weight excluding hydrogens is 464 g/mol. The molecule has 0 unspecified atom stereocenters. The van der Waals surface area contributed by atoms with E-state index in [4.69, 9.17) is 4.74 Å². The second-order valence-electron chi connectivity index (χ2n) is 9.54. The fourth-order valence-corrected chi connectivity index (χ4v) is 6.65. The quantitative estimate of drug-likeness (QED) is 0.659. The molecule has 2 aromatic carbocycles. The largest absolute Gasteiger partial charge is 0.378 e. The number of carbonyl (C=O) groups is 1. The fourth-order valence-electron chi connectivity index (χ4n) is 5.18. The number of amides is 1. The van der Waals surface area contributed by atoms with Crippen molar-refractivity contribution in [1.29, 1.82) is 0 Å². The summed E-state index contributed by atoms with van der Waals surface area (Å²) in [5, 5.41) is 3.00. The third-order valence-corrected chi connectivity index (χ3v) is 9.31. The molecule has 188 valence electrons. The van der Waals surface area contributed by atoms with Gasteiger partial charge in [0.05, 0.1) is 24.2 Å². The van der Waals surface area contributed by atoms with Crippen molar-refractivity contribution in [3.8, 4) is 0 Å². The highest BCUT2D eigenvalue weighted by Gasteiger charge is 2.32. The number of morpholine rings is 1. The van der Waals surface area contributed by atoms with E-state index >= 15 is 0 Å². The van der Waals surface area contributed by atoms with Gasteiger partial charge in [-0.3, -0.25) is 9.69 Å². The van der Waals surface area contributed by atoms with Gasteiger partial charge in [-0.1, -0.05) is 6.07 Å². The molecule has 0 radical (unpaired) electrons. The molecule has 2 aliphatic heterocycles. The van der Waals surface area contributed by atoms with Crippen molar-refractivity contribution >= 4 is 27.3 Å². The number of nitrogens with zero attached hydrogens (tertiary/aromatic N) is 3. The molecule has 0 saturated carbocycles. The lowest BCUT2D eigenvalue weighted by atomic mass is 10.1. The molecule has 0 bridgehead atoms. The van der Waals surface area contributed by atoms with Crippen LogP contribution in [0, 0.1) is 0 Å². The van der Waals surface area contributed by atoms with Crippen molar-refractivity contribution in [3.63, 3.8) is 0 Å². The lowest BCUT2D eigenvalue weighted by molar-refractivity contribution is -0.121. The molecule has 2 saturated heterocycles. The Labute approximate surface area is 207 Å². The van der Waals surface area contributed by atoms with Gasteiger partial charge in [0.2, 0.25) is 15.9 Å². The first-order valence-corrected chi connectivity index (χ1v) is 14.0. The summed E-state index contributed by atoms with van der Waals surface area (Å²) in [5.74, 6) is -0.0842. The summed E-state index contributed by atoms with van der Waals surface area (Å²) in [5.41, 5.74) is 4.31. The Morgan fingerprint density at radius 3 is 2.31 bits per heavy atom. The highest BCUT2D eigenvalue weighted by molar-refractivity contribution is 7.89. The van der Waals surface area contributed by atoms with Gasteiger partial charge in [-0.2, -0.15) is 4.31 Å². The van der Waals surface area contributed by atoms with E-state index in [2.05, 4.69) is 10.2 Å². The van der Waals surface area contributed by atoms with Gasteiger partial charge in [-0.25, -0.2) is 8.42 Å². The molecule has 35 heavy (non-hydrogen) atoms. The van der Waals surface area contributed by atoms with Gasteiger partial charge in [-0.15, -0.1) is 0 Å². The molecule has 5 rings (SSSR count). The van der Waals surface area contributed by atoms with E-state index < -0.39 is 10.0 Å². The van der Waals surface area contributed by atoms with Crippen LogP contribution in [-0.2, 0) is 32.4 Å². The summed E-state index contributed by atoms with van der Waals surface area (Å²) < 4.78 is 33.4. The summed E-state index contributed by atoms with van der Waals surface area (Å²) in [4.78, 5) is 17.6. The fraction of sp³-hybridized carbons (Fsp3) is 0.500. The van der Waals surface area contributed by atoms with E-state index in [1.165, 1.54) is 5.56 Å².